The zero-order chi connectivity index (χ0) is 12.6. The van der Waals surface area contributed by atoms with Crippen LogP contribution in [0.2, 0.25) is 18.1 Å². The van der Waals surface area contributed by atoms with Crippen LogP contribution in [0, 0.1) is 5.92 Å². The standard InChI is InChI=1S/C12H26O3Si/c1-12(2,3)16(4,5)15-10-6-9(8-13)11(14)7-10/h9-11,13-14H,6-8H2,1-5H3/t9-,10+,11-/m0/s1. The molecule has 96 valence electrons. The summed E-state index contributed by atoms with van der Waals surface area (Å²) in [6, 6.07) is 0. The number of hydrogen-bond donors (Lipinski definition) is 2. The third-order valence-electron chi connectivity index (χ3n) is 4.12. The van der Waals surface area contributed by atoms with Gasteiger partial charge in [-0.2, -0.15) is 0 Å². The van der Waals surface area contributed by atoms with E-state index in [9.17, 15) is 5.11 Å². The average Bonchev–Trinajstić information content (AvgIpc) is 2.43. The third-order valence-corrected chi connectivity index (χ3v) is 8.65. The zero-order valence-electron chi connectivity index (χ0n) is 11.2. The molecule has 16 heavy (non-hydrogen) atoms. The van der Waals surface area contributed by atoms with Gasteiger partial charge in [-0.15, -0.1) is 0 Å². The molecule has 0 aromatic rings. The molecule has 1 aliphatic rings. The van der Waals surface area contributed by atoms with E-state index >= 15 is 0 Å². The summed E-state index contributed by atoms with van der Waals surface area (Å²) in [4.78, 5) is 0. The molecule has 1 rings (SSSR count). The molecule has 0 aromatic carbocycles. The zero-order valence-corrected chi connectivity index (χ0v) is 12.2. The van der Waals surface area contributed by atoms with Crippen LogP contribution in [-0.4, -0.2) is 37.3 Å². The van der Waals surface area contributed by atoms with Gasteiger partial charge in [0.15, 0.2) is 8.32 Å². The Morgan fingerprint density at radius 3 is 2.19 bits per heavy atom. The molecule has 0 radical (unpaired) electrons. The lowest BCUT2D eigenvalue weighted by molar-refractivity contribution is 0.0895. The van der Waals surface area contributed by atoms with E-state index in [0.717, 1.165) is 6.42 Å². The van der Waals surface area contributed by atoms with Crippen LogP contribution in [0.4, 0.5) is 0 Å². The van der Waals surface area contributed by atoms with E-state index in [2.05, 4.69) is 33.9 Å². The van der Waals surface area contributed by atoms with Crippen molar-refractivity contribution in [1.29, 1.82) is 0 Å². The lowest BCUT2D eigenvalue weighted by Crippen LogP contribution is -2.43. The van der Waals surface area contributed by atoms with Gasteiger partial charge in [0, 0.05) is 18.6 Å². The van der Waals surface area contributed by atoms with Crippen molar-refractivity contribution in [3.8, 4) is 0 Å². The Hall–Kier alpha value is 0.0969. The summed E-state index contributed by atoms with van der Waals surface area (Å²) in [5.41, 5.74) is 0. The summed E-state index contributed by atoms with van der Waals surface area (Å²) >= 11 is 0. The fourth-order valence-electron chi connectivity index (χ4n) is 1.94. The summed E-state index contributed by atoms with van der Waals surface area (Å²) < 4.78 is 6.23. The van der Waals surface area contributed by atoms with Crippen molar-refractivity contribution in [3.63, 3.8) is 0 Å². The van der Waals surface area contributed by atoms with Gasteiger partial charge in [-0.3, -0.25) is 0 Å². The Kier molecular flexibility index (Phi) is 4.22. The number of aliphatic hydroxyl groups is 2. The van der Waals surface area contributed by atoms with Crippen LogP contribution >= 0.6 is 0 Å². The molecule has 0 bridgehead atoms. The van der Waals surface area contributed by atoms with Gasteiger partial charge in [0.05, 0.1) is 6.10 Å². The highest BCUT2D eigenvalue weighted by Crippen LogP contribution is 2.40. The lowest BCUT2D eigenvalue weighted by Gasteiger charge is -2.38. The Bertz CT molecular complexity index is 235. The van der Waals surface area contributed by atoms with Gasteiger partial charge >= 0.3 is 0 Å². The second-order valence-corrected chi connectivity index (χ2v) is 11.2. The predicted molar refractivity (Wildman–Crippen MR) is 67.9 cm³/mol. The fraction of sp³-hybridized carbons (Fsp3) is 1.00. The molecule has 0 saturated heterocycles. The molecule has 0 spiro atoms. The van der Waals surface area contributed by atoms with Gasteiger partial charge in [0.1, 0.15) is 0 Å². The minimum atomic E-state index is -1.73. The van der Waals surface area contributed by atoms with Crippen LogP contribution in [0.15, 0.2) is 0 Å². The van der Waals surface area contributed by atoms with Crippen LogP contribution in [0.3, 0.4) is 0 Å². The van der Waals surface area contributed by atoms with Crippen LogP contribution in [0.5, 0.6) is 0 Å². The highest BCUT2D eigenvalue weighted by Gasteiger charge is 2.42. The summed E-state index contributed by atoms with van der Waals surface area (Å²) in [6.45, 7) is 11.2. The van der Waals surface area contributed by atoms with E-state index < -0.39 is 8.32 Å². The van der Waals surface area contributed by atoms with Gasteiger partial charge in [0.25, 0.3) is 0 Å². The Morgan fingerprint density at radius 2 is 1.81 bits per heavy atom. The lowest BCUT2D eigenvalue weighted by atomic mass is 10.1. The Morgan fingerprint density at radius 1 is 1.25 bits per heavy atom. The highest BCUT2D eigenvalue weighted by molar-refractivity contribution is 6.74. The maximum Gasteiger partial charge on any atom is 0.192 e. The quantitative estimate of drug-likeness (QED) is 0.750. The van der Waals surface area contributed by atoms with Crippen molar-refractivity contribution < 1.29 is 14.6 Å². The van der Waals surface area contributed by atoms with Crippen molar-refractivity contribution in [2.45, 2.75) is 64.0 Å². The first kappa shape index (κ1) is 14.2. The van der Waals surface area contributed by atoms with E-state index in [1.54, 1.807) is 0 Å². The van der Waals surface area contributed by atoms with E-state index in [-0.39, 0.29) is 29.8 Å². The van der Waals surface area contributed by atoms with Crippen LogP contribution in [0.1, 0.15) is 33.6 Å². The van der Waals surface area contributed by atoms with Crippen LogP contribution in [-0.2, 0) is 4.43 Å². The van der Waals surface area contributed by atoms with Gasteiger partial charge in [-0.25, -0.2) is 0 Å². The van der Waals surface area contributed by atoms with E-state index in [0.29, 0.717) is 6.42 Å². The average molecular weight is 246 g/mol. The Labute approximate surface area is 100.0 Å². The summed E-state index contributed by atoms with van der Waals surface area (Å²) in [5.74, 6) is 0.00904. The molecule has 1 fully saturated rings. The van der Waals surface area contributed by atoms with Crippen molar-refractivity contribution >= 4 is 8.32 Å². The van der Waals surface area contributed by atoms with E-state index in [1.807, 2.05) is 0 Å². The van der Waals surface area contributed by atoms with Crippen molar-refractivity contribution in [2.75, 3.05) is 6.61 Å². The maximum absolute atomic E-state index is 9.73. The topological polar surface area (TPSA) is 49.7 Å². The molecule has 0 amide bonds. The van der Waals surface area contributed by atoms with E-state index in [1.165, 1.54) is 0 Å². The predicted octanol–water partition coefficient (Wildman–Crippen LogP) is 2.14. The summed E-state index contributed by atoms with van der Waals surface area (Å²) in [6.07, 6.45) is 1.22. The first-order chi connectivity index (χ1) is 7.17. The number of rotatable bonds is 3. The van der Waals surface area contributed by atoms with E-state index in [4.69, 9.17) is 9.53 Å². The smallest absolute Gasteiger partial charge is 0.192 e. The Balaban J connectivity index is 2.57. The SMILES string of the molecule is CC(C)(C)[Si](C)(C)O[C@@H]1C[C@@H](CO)[C@@H](O)C1. The molecule has 3 atom stereocenters. The molecule has 0 heterocycles. The second-order valence-electron chi connectivity index (χ2n) is 6.48. The summed E-state index contributed by atoms with van der Waals surface area (Å²) in [5, 5.41) is 19.0. The number of aliphatic hydroxyl groups excluding tert-OH is 2. The molecule has 3 nitrogen and oxygen atoms in total. The molecule has 1 saturated carbocycles. The molecular formula is C12H26O3Si. The highest BCUT2D eigenvalue weighted by atomic mass is 28.4. The van der Waals surface area contributed by atoms with Crippen molar-refractivity contribution in [2.24, 2.45) is 5.92 Å². The minimum Gasteiger partial charge on any atom is -0.414 e. The molecule has 0 unspecified atom stereocenters. The second kappa shape index (κ2) is 4.76. The molecule has 0 aliphatic heterocycles. The van der Waals surface area contributed by atoms with Gasteiger partial charge < -0.3 is 14.6 Å². The van der Waals surface area contributed by atoms with Crippen LogP contribution < -0.4 is 0 Å². The molecule has 2 N–H and O–H groups in total. The fourth-order valence-corrected chi connectivity index (χ4v) is 3.32. The van der Waals surface area contributed by atoms with Crippen molar-refractivity contribution in [1.82, 2.24) is 0 Å². The van der Waals surface area contributed by atoms with Crippen molar-refractivity contribution in [3.05, 3.63) is 0 Å². The van der Waals surface area contributed by atoms with Crippen LogP contribution in [0.25, 0.3) is 0 Å². The first-order valence-electron chi connectivity index (χ1n) is 6.14. The third kappa shape index (κ3) is 3.06. The normalized spacial score (nSPS) is 32.1. The molecular weight excluding hydrogens is 220 g/mol. The summed E-state index contributed by atoms with van der Waals surface area (Å²) in [7, 11) is -1.73. The molecule has 0 aromatic heterocycles. The first-order valence-corrected chi connectivity index (χ1v) is 9.05. The number of hydrogen-bond acceptors (Lipinski definition) is 3. The van der Waals surface area contributed by atoms with Gasteiger partial charge in [0.2, 0.25) is 0 Å². The van der Waals surface area contributed by atoms with Gasteiger partial charge in [-0.1, -0.05) is 20.8 Å². The largest absolute Gasteiger partial charge is 0.414 e. The van der Waals surface area contributed by atoms with Gasteiger partial charge in [-0.05, 0) is 31.0 Å². The minimum absolute atomic E-state index is 0.00904. The molecule has 1 aliphatic carbocycles. The maximum atomic E-state index is 9.73. The monoisotopic (exact) mass is 246 g/mol. The molecule has 4 heteroatoms.